The molecule has 0 saturated carbocycles. The van der Waals surface area contributed by atoms with Crippen molar-refractivity contribution >= 4 is 50.7 Å². The van der Waals surface area contributed by atoms with Gasteiger partial charge in [0.05, 0.1) is 11.9 Å². The van der Waals surface area contributed by atoms with E-state index in [1.165, 1.54) is 4.90 Å². The maximum Gasteiger partial charge on any atom is 0.244 e. The third kappa shape index (κ3) is 7.85. The molecule has 0 aliphatic carbocycles. The van der Waals surface area contributed by atoms with Crippen LogP contribution in [0.4, 0.5) is 5.69 Å². The molecule has 2 amide bonds. The van der Waals surface area contributed by atoms with Crippen LogP contribution in [0.25, 0.3) is 0 Å². The first kappa shape index (κ1) is 28.9. The summed E-state index contributed by atoms with van der Waals surface area (Å²) < 4.78 is 26.6. The molecule has 0 saturated heterocycles. The van der Waals surface area contributed by atoms with E-state index in [2.05, 4.69) is 5.32 Å². The molecule has 0 spiro atoms. The zero-order valence-electron chi connectivity index (χ0n) is 20.8. The second-order valence-electron chi connectivity index (χ2n) is 8.53. The predicted molar refractivity (Wildman–Crippen MR) is 142 cm³/mol. The summed E-state index contributed by atoms with van der Waals surface area (Å²) in [4.78, 5) is 28.1. The Kier molecular flexibility index (Phi) is 10.4. The summed E-state index contributed by atoms with van der Waals surface area (Å²) in [6.07, 6.45) is 2.15. The Hall–Kier alpha value is -2.29. The molecule has 192 valence electrons. The lowest BCUT2D eigenvalue weighted by Crippen LogP contribution is -2.52. The van der Waals surface area contributed by atoms with Gasteiger partial charge in [-0.1, -0.05) is 55.2 Å². The molecule has 2 rings (SSSR count). The van der Waals surface area contributed by atoms with Gasteiger partial charge in [0, 0.05) is 23.1 Å². The van der Waals surface area contributed by atoms with E-state index < -0.39 is 28.5 Å². The molecule has 0 unspecified atom stereocenters. The van der Waals surface area contributed by atoms with Crippen molar-refractivity contribution in [1.82, 2.24) is 10.2 Å². The Labute approximate surface area is 218 Å². The topological polar surface area (TPSA) is 86.8 Å². The summed E-state index contributed by atoms with van der Waals surface area (Å²) in [6.45, 7) is 7.42. The minimum atomic E-state index is -3.80. The molecule has 1 N–H and O–H groups in total. The summed E-state index contributed by atoms with van der Waals surface area (Å²) in [5.41, 5.74) is 2.60. The molecule has 0 fully saturated rings. The van der Waals surface area contributed by atoms with Gasteiger partial charge in [0.2, 0.25) is 21.8 Å². The molecule has 0 aromatic heterocycles. The molecule has 2 aromatic rings. The van der Waals surface area contributed by atoms with E-state index in [9.17, 15) is 18.0 Å². The van der Waals surface area contributed by atoms with Gasteiger partial charge in [-0.05, 0) is 61.6 Å². The molecule has 35 heavy (non-hydrogen) atoms. The first-order valence-corrected chi connectivity index (χ1v) is 14.1. The Morgan fingerprint density at radius 3 is 2.31 bits per heavy atom. The van der Waals surface area contributed by atoms with Gasteiger partial charge in [-0.15, -0.1) is 0 Å². The summed E-state index contributed by atoms with van der Waals surface area (Å²) in [6, 6.07) is 9.53. The monoisotopic (exact) mass is 541 g/mol. The van der Waals surface area contributed by atoms with Crippen LogP contribution < -0.4 is 9.62 Å². The second kappa shape index (κ2) is 12.6. The molecular formula is C25H33Cl2N3O4S. The minimum absolute atomic E-state index is 0.0251. The highest BCUT2D eigenvalue weighted by Gasteiger charge is 2.32. The maximum absolute atomic E-state index is 13.7. The lowest BCUT2D eigenvalue weighted by molar-refractivity contribution is -0.140. The fourth-order valence-corrected chi connectivity index (χ4v) is 5.07. The number of nitrogens with one attached hydrogen (secondary N) is 1. The standard InChI is InChI=1S/C25H33Cl2N3O4S/c1-6-12-28-25(32)22(7-2)29(15-19-10-11-20(26)14-21(19)27)24(31)16-30(35(5,33)34)23-13-17(3)8-9-18(23)4/h8-11,13-14,22H,6-7,12,15-16H2,1-5H3,(H,28,32)/t22-/m1/s1. The summed E-state index contributed by atoms with van der Waals surface area (Å²) in [5.74, 6) is -0.814. The van der Waals surface area contributed by atoms with Gasteiger partial charge in [0.25, 0.3) is 0 Å². The highest BCUT2D eigenvalue weighted by molar-refractivity contribution is 7.92. The number of carbonyl (C=O) groups is 2. The van der Waals surface area contributed by atoms with E-state index in [4.69, 9.17) is 23.2 Å². The van der Waals surface area contributed by atoms with Crippen molar-refractivity contribution < 1.29 is 18.0 Å². The molecule has 7 nitrogen and oxygen atoms in total. The van der Waals surface area contributed by atoms with Crippen LogP contribution in [0.15, 0.2) is 36.4 Å². The Balaban J connectivity index is 2.50. The van der Waals surface area contributed by atoms with Crippen molar-refractivity contribution in [1.29, 1.82) is 0 Å². The predicted octanol–water partition coefficient (Wildman–Crippen LogP) is 4.71. The Morgan fingerprint density at radius 2 is 1.74 bits per heavy atom. The molecule has 0 aliphatic heterocycles. The number of benzene rings is 2. The molecule has 1 atom stereocenters. The van der Waals surface area contributed by atoms with Crippen LogP contribution in [-0.2, 0) is 26.2 Å². The second-order valence-corrected chi connectivity index (χ2v) is 11.3. The number of hydrogen-bond donors (Lipinski definition) is 1. The molecule has 0 radical (unpaired) electrons. The lowest BCUT2D eigenvalue weighted by atomic mass is 10.1. The number of aryl methyl sites for hydroxylation is 2. The fourth-order valence-electron chi connectivity index (χ4n) is 3.70. The number of hydrogen-bond acceptors (Lipinski definition) is 4. The Bertz CT molecular complexity index is 1170. The number of nitrogens with zero attached hydrogens (tertiary/aromatic N) is 2. The molecule has 2 aromatic carbocycles. The first-order chi connectivity index (χ1) is 16.4. The first-order valence-electron chi connectivity index (χ1n) is 11.4. The highest BCUT2D eigenvalue weighted by atomic mass is 35.5. The van der Waals surface area contributed by atoms with Gasteiger partial charge in [-0.25, -0.2) is 8.42 Å². The van der Waals surface area contributed by atoms with Crippen LogP contribution in [0.2, 0.25) is 10.0 Å². The largest absolute Gasteiger partial charge is 0.354 e. The van der Waals surface area contributed by atoms with Crippen LogP contribution in [-0.4, -0.2) is 50.5 Å². The Morgan fingerprint density at radius 1 is 1.06 bits per heavy atom. The van der Waals surface area contributed by atoms with E-state index in [1.807, 2.05) is 26.0 Å². The van der Waals surface area contributed by atoms with Gasteiger partial charge in [0.15, 0.2) is 0 Å². The number of carbonyl (C=O) groups excluding carboxylic acids is 2. The van der Waals surface area contributed by atoms with E-state index in [-0.39, 0.29) is 12.5 Å². The molecule has 0 bridgehead atoms. The number of rotatable bonds is 11. The third-order valence-electron chi connectivity index (χ3n) is 5.60. The number of anilines is 1. The van der Waals surface area contributed by atoms with E-state index in [0.29, 0.717) is 39.8 Å². The van der Waals surface area contributed by atoms with Crippen molar-refractivity contribution in [2.24, 2.45) is 0 Å². The van der Waals surface area contributed by atoms with Crippen molar-refractivity contribution in [2.75, 3.05) is 23.7 Å². The summed E-state index contributed by atoms with van der Waals surface area (Å²) in [7, 11) is -3.80. The SMILES string of the molecule is CCCNC(=O)[C@@H](CC)N(Cc1ccc(Cl)cc1Cl)C(=O)CN(c1cc(C)ccc1C)S(C)(=O)=O. The van der Waals surface area contributed by atoms with Gasteiger partial charge in [0.1, 0.15) is 12.6 Å². The maximum atomic E-state index is 13.7. The molecule has 10 heteroatoms. The number of amides is 2. The van der Waals surface area contributed by atoms with Crippen LogP contribution in [0.1, 0.15) is 43.4 Å². The smallest absolute Gasteiger partial charge is 0.244 e. The van der Waals surface area contributed by atoms with E-state index >= 15 is 0 Å². The average molecular weight is 543 g/mol. The van der Waals surface area contributed by atoms with Gasteiger partial charge in [-0.2, -0.15) is 0 Å². The van der Waals surface area contributed by atoms with Gasteiger partial charge >= 0.3 is 0 Å². The van der Waals surface area contributed by atoms with Gasteiger partial charge < -0.3 is 10.2 Å². The molecule has 0 aliphatic rings. The zero-order chi connectivity index (χ0) is 26.3. The minimum Gasteiger partial charge on any atom is -0.354 e. The number of halogens is 2. The molecular weight excluding hydrogens is 509 g/mol. The van der Waals surface area contributed by atoms with Crippen LogP contribution in [0, 0.1) is 13.8 Å². The van der Waals surface area contributed by atoms with E-state index in [0.717, 1.165) is 22.5 Å². The normalized spacial score (nSPS) is 12.2. The number of sulfonamides is 1. The lowest BCUT2D eigenvalue weighted by Gasteiger charge is -2.33. The van der Waals surface area contributed by atoms with E-state index in [1.54, 1.807) is 38.1 Å². The van der Waals surface area contributed by atoms with Crippen LogP contribution >= 0.6 is 23.2 Å². The van der Waals surface area contributed by atoms with Crippen molar-refractivity contribution in [2.45, 2.75) is 53.1 Å². The van der Waals surface area contributed by atoms with Crippen molar-refractivity contribution in [3.8, 4) is 0 Å². The van der Waals surface area contributed by atoms with Crippen molar-refractivity contribution in [3.63, 3.8) is 0 Å². The summed E-state index contributed by atoms with van der Waals surface area (Å²) in [5, 5.41) is 3.64. The zero-order valence-corrected chi connectivity index (χ0v) is 23.1. The van der Waals surface area contributed by atoms with Crippen molar-refractivity contribution in [3.05, 3.63) is 63.1 Å². The third-order valence-corrected chi connectivity index (χ3v) is 7.32. The fraction of sp³-hybridized carbons (Fsp3) is 0.440. The molecule has 0 heterocycles. The quantitative estimate of drug-likeness (QED) is 0.446. The summed E-state index contributed by atoms with van der Waals surface area (Å²) >= 11 is 12.4. The van der Waals surface area contributed by atoms with Crippen LogP contribution in [0.3, 0.4) is 0 Å². The average Bonchev–Trinajstić information content (AvgIpc) is 2.78. The van der Waals surface area contributed by atoms with Gasteiger partial charge in [-0.3, -0.25) is 13.9 Å². The van der Waals surface area contributed by atoms with Crippen LogP contribution in [0.5, 0.6) is 0 Å². The highest BCUT2D eigenvalue weighted by Crippen LogP contribution is 2.26.